The summed E-state index contributed by atoms with van der Waals surface area (Å²) >= 11 is 0. The van der Waals surface area contributed by atoms with Gasteiger partial charge in [0, 0.05) is 35.6 Å². The van der Waals surface area contributed by atoms with Gasteiger partial charge in [-0.25, -0.2) is 4.98 Å². The van der Waals surface area contributed by atoms with Crippen molar-refractivity contribution in [3.63, 3.8) is 0 Å². The van der Waals surface area contributed by atoms with E-state index in [4.69, 9.17) is 4.74 Å². The highest BCUT2D eigenvalue weighted by Crippen LogP contribution is 2.34. The van der Waals surface area contributed by atoms with Crippen LogP contribution in [0.4, 0.5) is 0 Å². The second-order valence-electron chi connectivity index (χ2n) is 8.05. The third-order valence-electron chi connectivity index (χ3n) is 5.87. The number of nitrogens with zero attached hydrogens (tertiary/aromatic N) is 2. The Balaban J connectivity index is 1.45. The maximum atomic E-state index is 12.7. The zero-order valence-corrected chi connectivity index (χ0v) is 18.9. The van der Waals surface area contributed by atoms with E-state index in [1.165, 1.54) is 0 Å². The van der Waals surface area contributed by atoms with Crippen LogP contribution in [0.15, 0.2) is 116 Å². The van der Waals surface area contributed by atoms with E-state index in [-0.39, 0.29) is 5.78 Å². The van der Waals surface area contributed by atoms with E-state index in [9.17, 15) is 4.79 Å². The topological polar surface area (TPSA) is 44.1 Å². The summed E-state index contributed by atoms with van der Waals surface area (Å²) in [6.07, 6.45) is 3.80. The van der Waals surface area contributed by atoms with Crippen molar-refractivity contribution in [2.75, 3.05) is 7.11 Å². The minimum absolute atomic E-state index is 0.0272. The monoisotopic (exact) mass is 444 g/mol. The summed E-state index contributed by atoms with van der Waals surface area (Å²) in [7, 11) is 1.67. The van der Waals surface area contributed by atoms with Crippen LogP contribution in [0, 0.1) is 0 Å². The van der Waals surface area contributed by atoms with Gasteiger partial charge in [0.25, 0.3) is 0 Å². The molecular weight excluding hydrogens is 420 g/mol. The number of ether oxygens (including phenoxy) is 1. The Labute approximate surface area is 199 Å². The average molecular weight is 445 g/mol. The molecule has 0 saturated heterocycles. The number of carbonyl (C=O) groups excluding carboxylic acids is 1. The molecule has 0 saturated carbocycles. The van der Waals surface area contributed by atoms with Gasteiger partial charge in [-0.3, -0.25) is 4.79 Å². The van der Waals surface area contributed by atoms with E-state index < -0.39 is 0 Å². The number of ketones is 1. The van der Waals surface area contributed by atoms with Crippen LogP contribution in [-0.4, -0.2) is 22.4 Å². The van der Waals surface area contributed by atoms with Crippen molar-refractivity contribution in [1.29, 1.82) is 0 Å². The third-order valence-corrected chi connectivity index (χ3v) is 5.87. The van der Waals surface area contributed by atoms with Gasteiger partial charge in [0.1, 0.15) is 11.6 Å². The van der Waals surface area contributed by atoms with Crippen LogP contribution in [0.5, 0.6) is 5.75 Å². The van der Waals surface area contributed by atoms with Gasteiger partial charge in [0.05, 0.1) is 7.11 Å². The van der Waals surface area contributed by atoms with Crippen molar-refractivity contribution in [3.8, 4) is 28.3 Å². The Morgan fingerprint density at radius 3 is 2.18 bits per heavy atom. The van der Waals surface area contributed by atoms with Crippen molar-refractivity contribution in [2.45, 2.75) is 6.54 Å². The molecule has 0 fully saturated rings. The van der Waals surface area contributed by atoms with E-state index >= 15 is 0 Å². The van der Waals surface area contributed by atoms with Gasteiger partial charge in [-0.15, -0.1) is 0 Å². The second kappa shape index (κ2) is 9.59. The molecule has 1 heterocycles. The van der Waals surface area contributed by atoms with Crippen LogP contribution in [0.25, 0.3) is 22.5 Å². The molecule has 0 unspecified atom stereocenters. The Morgan fingerprint density at radius 2 is 1.47 bits per heavy atom. The van der Waals surface area contributed by atoms with Crippen LogP contribution in [0.3, 0.4) is 0 Å². The van der Waals surface area contributed by atoms with Crippen LogP contribution >= 0.6 is 0 Å². The molecule has 0 atom stereocenters. The summed E-state index contributed by atoms with van der Waals surface area (Å²) in [6, 6.07) is 33.5. The number of aromatic nitrogens is 2. The first kappa shape index (κ1) is 21.4. The first-order valence-electron chi connectivity index (χ1n) is 11.2. The molecule has 1 aromatic heterocycles. The van der Waals surface area contributed by atoms with Crippen molar-refractivity contribution < 1.29 is 9.53 Å². The lowest BCUT2D eigenvalue weighted by Crippen LogP contribution is -2.04. The van der Waals surface area contributed by atoms with Crippen molar-refractivity contribution in [3.05, 3.63) is 132 Å². The van der Waals surface area contributed by atoms with Gasteiger partial charge in [0.2, 0.25) is 0 Å². The van der Waals surface area contributed by atoms with Gasteiger partial charge in [-0.05, 0) is 34.9 Å². The lowest BCUT2D eigenvalue weighted by molar-refractivity contribution is 0.103. The molecule has 4 aromatic carbocycles. The van der Waals surface area contributed by atoms with Crippen molar-refractivity contribution in [1.82, 2.24) is 9.55 Å². The Morgan fingerprint density at radius 1 is 0.794 bits per heavy atom. The van der Waals surface area contributed by atoms with Crippen LogP contribution < -0.4 is 4.74 Å². The number of methoxy groups -OCH3 is 1. The summed E-state index contributed by atoms with van der Waals surface area (Å²) in [5.74, 6) is 1.68. The summed E-state index contributed by atoms with van der Waals surface area (Å²) in [6.45, 7) is 0.639. The summed E-state index contributed by atoms with van der Waals surface area (Å²) in [5.41, 5.74) is 5.69. The number of imidazole rings is 1. The molecule has 0 spiro atoms. The minimum Gasteiger partial charge on any atom is -0.497 e. The first-order chi connectivity index (χ1) is 16.7. The zero-order chi connectivity index (χ0) is 23.3. The number of rotatable bonds is 7. The lowest BCUT2D eigenvalue weighted by atomic mass is 9.98. The maximum Gasteiger partial charge on any atom is 0.193 e. The SMILES string of the molecule is COc1ccc(-c2ccccc2)c(-c2nccn2Cc2ccc(C(=O)c3ccccc3)cc2)c1. The molecule has 5 aromatic rings. The van der Waals surface area contributed by atoms with Gasteiger partial charge < -0.3 is 9.30 Å². The molecule has 0 N–H and O–H groups in total. The standard InChI is InChI=1S/C30H24N2O2/c1-34-26-16-17-27(23-8-4-2-5-9-23)28(20-26)30-31-18-19-32(30)21-22-12-14-25(15-13-22)29(33)24-10-6-3-7-11-24/h2-20H,21H2,1H3. The van der Waals surface area contributed by atoms with Gasteiger partial charge in [0.15, 0.2) is 5.78 Å². The maximum absolute atomic E-state index is 12.7. The normalized spacial score (nSPS) is 10.7. The molecular formula is C30H24N2O2. The lowest BCUT2D eigenvalue weighted by Gasteiger charge is -2.14. The van der Waals surface area contributed by atoms with Crippen LogP contribution in [0.1, 0.15) is 21.5 Å². The third kappa shape index (κ3) is 4.39. The van der Waals surface area contributed by atoms with E-state index in [0.29, 0.717) is 17.7 Å². The Hall–Kier alpha value is -4.44. The molecule has 0 amide bonds. The van der Waals surface area contributed by atoms with Gasteiger partial charge in [-0.2, -0.15) is 0 Å². The molecule has 4 nitrogen and oxygen atoms in total. The van der Waals surface area contributed by atoms with E-state index in [2.05, 4.69) is 27.8 Å². The number of carbonyl (C=O) groups is 1. The summed E-state index contributed by atoms with van der Waals surface area (Å²) in [5, 5.41) is 0. The summed E-state index contributed by atoms with van der Waals surface area (Å²) in [4.78, 5) is 17.4. The first-order valence-corrected chi connectivity index (χ1v) is 11.2. The fraction of sp³-hybridized carbons (Fsp3) is 0.0667. The van der Waals surface area contributed by atoms with Crippen LogP contribution in [0.2, 0.25) is 0 Å². The highest BCUT2D eigenvalue weighted by atomic mass is 16.5. The van der Waals surface area contributed by atoms with Gasteiger partial charge in [-0.1, -0.05) is 84.9 Å². The van der Waals surface area contributed by atoms with Crippen molar-refractivity contribution in [2.24, 2.45) is 0 Å². The zero-order valence-electron chi connectivity index (χ0n) is 18.9. The molecule has 0 radical (unpaired) electrons. The van der Waals surface area contributed by atoms with E-state index in [0.717, 1.165) is 33.8 Å². The largest absolute Gasteiger partial charge is 0.497 e. The second-order valence-corrected chi connectivity index (χ2v) is 8.05. The molecule has 0 aliphatic rings. The predicted molar refractivity (Wildman–Crippen MR) is 135 cm³/mol. The minimum atomic E-state index is 0.0272. The smallest absolute Gasteiger partial charge is 0.193 e. The van der Waals surface area contributed by atoms with E-state index in [1.807, 2.05) is 97.3 Å². The van der Waals surface area contributed by atoms with Gasteiger partial charge >= 0.3 is 0 Å². The average Bonchev–Trinajstić information content (AvgIpc) is 3.37. The highest BCUT2D eigenvalue weighted by molar-refractivity contribution is 6.08. The quantitative estimate of drug-likeness (QED) is 0.269. The van der Waals surface area contributed by atoms with Crippen LogP contribution in [-0.2, 0) is 6.54 Å². The molecule has 34 heavy (non-hydrogen) atoms. The summed E-state index contributed by atoms with van der Waals surface area (Å²) < 4.78 is 7.63. The number of hydrogen-bond acceptors (Lipinski definition) is 3. The molecule has 0 aliphatic heterocycles. The number of benzene rings is 4. The molecule has 0 aliphatic carbocycles. The molecule has 5 rings (SSSR count). The predicted octanol–water partition coefficient (Wildman–Crippen LogP) is 6.51. The molecule has 166 valence electrons. The fourth-order valence-corrected chi connectivity index (χ4v) is 4.10. The van der Waals surface area contributed by atoms with Crippen molar-refractivity contribution >= 4 is 5.78 Å². The van der Waals surface area contributed by atoms with E-state index in [1.54, 1.807) is 7.11 Å². The molecule has 4 heteroatoms. The fourth-order valence-electron chi connectivity index (χ4n) is 4.10. The highest BCUT2D eigenvalue weighted by Gasteiger charge is 2.15. The Kier molecular flexibility index (Phi) is 6.04. The molecule has 0 bridgehead atoms. The number of hydrogen-bond donors (Lipinski definition) is 0. The Bertz CT molecular complexity index is 1410.